The third-order valence-corrected chi connectivity index (χ3v) is 5.32. The molecule has 0 saturated carbocycles. The lowest BCUT2D eigenvalue weighted by Gasteiger charge is -2.31. The predicted molar refractivity (Wildman–Crippen MR) is 105 cm³/mol. The highest BCUT2D eigenvalue weighted by Gasteiger charge is 2.27. The first-order valence-corrected chi connectivity index (χ1v) is 9.60. The van der Waals surface area contributed by atoms with Crippen molar-refractivity contribution in [1.29, 1.82) is 0 Å². The van der Waals surface area contributed by atoms with Crippen molar-refractivity contribution >= 4 is 11.6 Å². The number of carbonyl (C=O) groups excluding carboxylic acids is 1. The molecule has 3 rings (SSSR count). The molecule has 1 amide bonds. The van der Waals surface area contributed by atoms with Crippen LogP contribution < -0.4 is 10.2 Å². The third kappa shape index (κ3) is 4.15. The Labute approximate surface area is 156 Å². The van der Waals surface area contributed by atoms with Crippen molar-refractivity contribution in [2.24, 2.45) is 11.8 Å². The third-order valence-electron chi connectivity index (χ3n) is 5.32. The van der Waals surface area contributed by atoms with Crippen LogP contribution in [-0.4, -0.2) is 35.3 Å². The lowest BCUT2D eigenvalue weighted by Crippen LogP contribution is -3.15. The summed E-state index contributed by atoms with van der Waals surface area (Å²) in [6.45, 7) is 13.3. The zero-order valence-electron chi connectivity index (χ0n) is 16.6. The summed E-state index contributed by atoms with van der Waals surface area (Å²) in [7, 11) is 0. The van der Waals surface area contributed by atoms with E-state index in [0.29, 0.717) is 18.4 Å². The summed E-state index contributed by atoms with van der Waals surface area (Å²) >= 11 is 0. The van der Waals surface area contributed by atoms with Gasteiger partial charge in [0.25, 0.3) is 5.91 Å². The van der Waals surface area contributed by atoms with Gasteiger partial charge < -0.3 is 10.2 Å². The molecule has 1 aliphatic rings. The van der Waals surface area contributed by atoms with Crippen LogP contribution in [0, 0.1) is 32.6 Å². The minimum absolute atomic E-state index is 0.0796. The minimum atomic E-state index is 0.0796. The van der Waals surface area contributed by atoms with Crippen LogP contribution in [0.4, 0.5) is 5.69 Å². The van der Waals surface area contributed by atoms with Gasteiger partial charge in [-0.05, 0) is 39.3 Å². The molecule has 2 heterocycles. The van der Waals surface area contributed by atoms with Gasteiger partial charge in [-0.15, -0.1) is 0 Å². The zero-order valence-corrected chi connectivity index (χ0v) is 16.6. The highest BCUT2D eigenvalue weighted by Crippen LogP contribution is 2.23. The second kappa shape index (κ2) is 7.62. The molecule has 2 N–H and O–H groups in total. The van der Waals surface area contributed by atoms with E-state index in [0.717, 1.165) is 35.9 Å². The van der Waals surface area contributed by atoms with E-state index in [4.69, 9.17) is 0 Å². The molecule has 0 bridgehead atoms. The maximum atomic E-state index is 12.6. The number of carbonyl (C=O) groups is 1. The fourth-order valence-corrected chi connectivity index (χ4v) is 4.24. The maximum Gasteiger partial charge on any atom is 0.279 e. The van der Waals surface area contributed by atoms with Gasteiger partial charge in [0.2, 0.25) is 0 Å². The van der Waals surface area contributed by atoms with Crippen molar-refractivity contribution in [1.82, 2.24) is 9.78 Å². The fourth-order valence-electron chi connectivity index (χ4n) is 4.24. The number of quaternary nitrogens is 1. The smallest absolute Gasteiger partial charge is 0.279 e. The van der Waals surface area contributed by atoms with E-state index in [1.54, 1.807) is 0 Å². The minimum Gasteiger partial charge on any atom is -0.327 e. The van der Waals surface area contributed by atoms with Crippen LogP contribution >= 0.6 is 0 Å². The Morgan fingerprint density at radius 2 is 1.77 bits per heavy atom. The Kier molecular flexibility index (Phi) is 5.47. The molecular formula is C21H31N4O+. The molecule has 1 aromatic heterocycles. The van der Waals surface area contributed by atoms with E-state index >= 15 is 0 Å². The molecule has 5 nitrogen and oxygen atoms in total. The molecule has 1 unspecified atom stereocenters. The van der Waals surface area contributed by atoms with Crippen molar-refractivity contribution in [3.63, 3.8) is 0 Å². The average molecular weight is 356 g/mol. The molecule has 3 atom stereocenters. The summed E-state index contributed by atoms with van der Waals surface area (Å²) in [5.74, 6) is 1.46. The van der Waals surface area contributed by atoms with Gasteiger partial charge in [-0.3, -0.25) is 4.79 Å². The number of likely N-dealkylation sites (tertiary alicyclic amines) is 1. The number of benzene rings is 1. The van der Waals surface area contributed by atoms with E-state index in [9.17, 15) is 4.79 Å². The number of aryl methyl sites for hydroxylation is 2. The summed E-state index contributed by atoms with van der Waals surface area (Å²) in [4.78, 5) is 14.0. The number of piperidine rings is 1. The van der Waals surface area contributed by atoms with E-state index in [2.05, 4.69) is 55.5 Å². The number of aromatic nitrogens is 2. The summed E-state index contributed by atoms with van der Waals surface area (Å²) in [5.41, 5.74) is 4.90. The molecule has 0 spiro atoms. The molecule has 0 aliphatic carbocycles. The molecular weight excluding hydrogens is 324 g/mol. The number of rotatable bonds is 4. The molecule has 1 aromatic carbocycles. The van der Waals surface area contributed by atoms with Crippen molar-refractivity contribution in [2.75, 3.05) is 25.0 Å². The van der Waals surface area contributed by atoms with Crippen molar-refractivity contribution in [2.45, 2.75) is 41.0 Å². The van der Waals surface area contributed by atoms with Gasteiger partial charge in [-0.2, -0.15) is 5.10 Å². The molecule has 1 fully saturated rings. The van der Waals surface area contributed by atoms with E-state index in [1.165, 1.54) is 16.9 Å². The summed E-state index contributed by atoms with van der Waals surface area (Å²) in [6.07, 6.45) is 1.27. The summed E-state index contributed by atoms with van der Waals surface area (Å²) in [6, 6.07) is 8.26. The highest BCUT2D eigenvalue weighted by atomic mass is 16.2. The zero-order chi connectivity index (χ0) is 18.8. The van der Waals surface area contributed by atoms with E-state index in [1.807, 2.05) is 18.5 Å². The Morgan fingerprint density at radius 3 is 2.38 bits per heavy atom. The standard InChI is InChI=1S/C21H30N4O/c1-14-6-8-19(9-7-14)25-18(5)21(17(4)23-25)22-20(26)13-24-11-15(2)10-16(3)12-24/h6-9,15-16H,10-13H2,1-5H3,(H,22,26)/p+1/t15-,16+. The highest BCUT2D eigenvalue weighted by molar-refractivity contribution is 5.92. The van der Waals surface area contributed by atoms with Crippen molar-refractivity contribution in [3.8, 4) is 5.69 Å². The maximum absolute atomic E-state index is 12.6. The second-order valence-electron chi connectivity index (χ2n) is 8.12. The number of nitrogens with one attached hydrogen (secondary N) is 2. The molecule has 1 aliphatic heterocycles. The van der Waals surface area contributed by atoms with Crippen LogP contribution in [0.3, 0.4) is 0 Å². The van der Waals surface area contributed by atoms with Crippen LogP contribution in [-0.2, 0) is 4.79 Å². The van der Waals surface area contributed by atoms with Crippen LogP contribution in [0.15, 0.2) is 24.3 Å². The molecule has 5 heteroatoms. The molecule has 2 aromatic rings. The number of anilines is 1. The van der Waals surface area contributed by atoms with E-state index < -0.39 is 0 Å². The average Bonchev–Trinajstić information content (AvgIpc) is 2.83. The van der Waals surface area contributed by atoms with Crippen LogP contribution in [0.2, 0.25) is 0 Å². The first-order chi connectivity index (χ1) is 12.3. The van der Waals surface area contributed by atoms with Crippen molar-refractivity contribution in [3.05, 3.63) is 41.2 Å². The number of nitrogens with zero attached hydrogens (tertiary/aromatic N) is 2. The lowest BCUT2D eigenvalue weighted by molar-refractivity contribution is -0.904. The van der Waals surface area contributed by atoms with Crippen LogP contribution in [0.1, 0.15) is 37.2 Å². The lowest BCUT2D eigenvalue weighted by atomic mass is 9.92. The predicted octanol–water partition coefficient (Wildman–Crippen LogP) is 2.30. The van der Waals surface area contributed by atoms with Gasteiger partial charge in [0, 0.05) is 11.8 Å². The second-order valence-corrected chi connectivity index (χ2v) is 8.12. The molecule has 0 radical (unpaired) electrons. The number of amides is 1. The number of hydrogen-bond acceptors (Lipinski definition) is 2. The monoisotopic (exact) mass is 355 g/mol. The first kappa shape index (κ1) is 18.6. The topological polar surface area (TPSA) is 51.4 Å². The quantitative estimate of drug-likeness (QED) is 0.884. The Bertz CT molecular complexity index is 768. The van der Waals surface area contributed by atoms with Gasteiger partial charge in [0.1, 0.15) is 0 Å². The largest absolute Gasteiger partial charge is 0.327 e. The Morgan fingerprint density at radius 1 is 1.15 bits per heavy atom. The van der Waals surface area contributed by atoms with Crippen molar-refractivity contribution < 1.29 is 9.69 Å². The van der Waals surface area contributed by atoms with Gasteiger partial charge >= 0.3 is 0 Å². The fraction of sp³-hybridized carbons (Fsp3) is 0.524. The van der Waals surface area contributed by atoms with Gasteiger partial charge in [0.05, 0.1) is 35.9 Å². The van der Waals surface area contributed by atoms with Crippen LogP contribution in [0.5, 0.6) is 0 Å². The summed E-state index contributed by atoms with van der Waals surface area (Å²) < 4.78 is 1.91. The van der Waals surface area contributed by atoms with E-state index in [-0.39, 0.29) is 5.91 Å². The van der Waals surface area contributed by atoms with Crippen LogP contribution in [0.25, 0.3) is 5.69 Å². The molecule has 1 saturated heterocycles. The Hall–Kier alpha value is -2.14. The van der Waals surface area contributed by atoms with Gasteiger partial charge in [-0.25, -0.2) is 4.68 Å². The summed E-state index contributed by atoms with van der Waals surface area (Å²) in [5, 5.41) is 7.74. The van der Waals surface area contributed by atoms with Gasteiger partial charge in [-0.1, -0.05) is 31.5 Å². The number of hydrogen-bond donors (Lipinski definition) is 2. The first-order valence-electron chi connectivity index (χ1n) is 9.60. The Balaban J connectivity index is 1.71. The SMILES string of the molecule is Cc1ccc(-n2nc(C)c(NC(=O)C[NH+]3C[C@H](C)C[C@H](C)C3)c2C)cc1. The normalized spacial score (nSPS) is 23.0. The van der Waals surface area contributed by atoms with Gasteiger partial charge in [0.15, 0.2) is 6.54 Å². The molecule has 140 valence electrons. The molecule has 26 heavy (non-hydrogen) atoms.